The number of benzene rings is 1. The number of hydrogen-bond donors (Lipinski definition) is 7. The number of nitrogens with one attached hydrogen (secondary N) is 3. The molecular formula is C24H29F2N8O5+. The molecule has 1 aromatic rings. The number of halogens is 2. The molecule has 0 bridgehead atoms. The number of amides is 3. The lowest BCUT2D eigenvalue weighted by Crippen LogP contribution is -2.90. The van der Waals surface area contributed by atoms with Crippen molar-refractivity contribution in [1.29, 1.82) is 0 Å². The van der Waals surface area contributed by atoms with Gasteiger partial charge in [0.2, 0.25) is 17.6 Å². The lowest BCUT2D eigenvalue weighted by Gasteiger charge is -2.46. The Hall–Kier alpha value is -3.85. The lowest BCUT2D eigenvalue weighted by molar-refractivity contribution is -0.521. The van der Waals surface area contributed by atoms with E-state index in [0.29, 0.717) is 12.0 Å². The molecule has 1 spiro atoms. The average molecular weight is 548 g/mol. The topological polar surface area (TPSA) is 201 Å². The number of carbonyl (C=O) groups excluding carboxylic acids is 3. The molecule has 2 unspecified atom stereocenters. The molecule has 13 nitrogen and oxygen atoms in total. The molecule has 2 fully saturated rings. The summed E-state index contributed by atoms with van der Waals surface area (Å²) in [6.07, 6.45) is 0.421. The standard InChI is InChI=1S/C24H28F2N8O5/c25-22(26)8-2-4-11-3-1-5-12(17(11)22)19(37)30-14-10-34-21(28)29-13(9-33-15(35)6-7-16(33)36)18-23(34,24(14,38)39)32-20(27)31-18/h1,3,5,13-14,18,38-39H,2,4,6-10H2,(H2,28,29)(H,30,37)(H3,27,31,32)/p+1/t13-,14?,18-,23?/m0/s1. The first kappa shape index (κ1) is 25.4. The zero-order chi connectivity index (χ0) is 27.9. The molecule has 6 rings (SSSR count). The van der Waals surface area contributed by atoms with Crippen LogP contribution in [-0.4, -0.2) is 92.3 Å². The Bertz CT molecular complexity index is 1330. The minimum Gasteiger partial charge on any atom is -0.370 e. The lowest BCUT2D eigenvalue weighted by atomic mass is 9.84. The van der Waals surface area contributed by atoms with Crippen molar-refractivity contribution < 1.29 is 38.4 Å². The fourth-order valence-corrected chi connectivity index (χ4v) is 6.63. The Balaban J connectivity index is 1.33. The van der Waals surface area contributed by atoms with Crippen molar-refractivity contribution in [3.05, 3.63) is 34.9 Å². The fraction of sp³-hybridized carbons (Fsp3) is 0.542. The molecule has 208 valence electrons. The third-order valence-electron chi connectivity index (χ3n) is 8.41. The molecule has 4 atom stereocenters. The summed E-state index contributed by atoms with van der Waals surface area (Å²) >= 11 is 0. The predicted molar refractivity (Wildman–Crippen MR) is 130 cm³/mol. The second-order valence-corrected chi connectivity index (χ2v) is 10.6. The second kappa shape index (κ2) is 8.32. The molecule has 0 saturated carbocycles. The number of alkyl halides is 2. The number of nitrogens with zero attached hydrogens (tertiary/aromatic N) is 3. The van der Waals surface area contributed by atoms with E-state index in [1.54, 1.807) is 6.07 Å². The SMILES string of the molecule is NC1=N[C@@H](CN2C(=O)CCC2=O)[C@@H]2[NH+]=C(N)NC23N1CC(NC(=O)c1cccc2c1C(F)(F)CCC2)C3(O)O. The van der Waals surface area contributed by atoms with Crippen molar-refractivity contribution in [2.24, 2.45) is 16.5 Å². The van der Waals surface area contributed by atoms with Gasteiger partial charge in [-0.15, -0.1) is 0 Å². The van der Waals surface area contributed by atoms with Gasteiger partial charge in [0, 0.05) is 30.4 Å². The van der Waals surface area contributed by atoms with Gasteiger partial charge in [0.05, 0.1) is 13.1 Å². The Kier molecular flexibility index (Phi) is 5.43. The second-order valence-electron chi connectivity index (χ2n) is 10.6. The first-order chi connectivity index (χ1) is 18.4. The van der Waals surface area contributed by atoms with Crippen LogP contribution in [-0.2, 0) is 21.9 Å². The van der Waals surface area contributed by atoms with E-state index in [-0.39, 0.29) is 67.2 Å². The minimum atomic E-state index is -3.21. The average Bonchev–Trinajstić information content (AvgIpc) is 3.46. The maximum absolute atomic E-state index is 14.9. The number of rotatable bonds is 4. The molecule has 15 heteroatoms. The van der Waals surface area contributed by atoms with E-state index in [1.165, 1.54) is 17.0 Å². The number of aliphatic hydroxyl groups is 2. The summed E-state index contributed by atoms with van der Waals surface area (Å²) < 4.78 is 29.7. The molecule has 3 amide bonds. The molecule has 4 heterocycles. The van der Waals surface area contributed by atoms with Gasteiger partial charge in [0.1, 0.15) is 12.1 Å². The van der Waals surface area contributed by atoms with Crippen LogP contribution in [0.3, 0.4) is 0 Å². The van der Waals surface area contributed by atoms with E-state index in [9.17, 15) is 33.4 Å². The fourth-order valence-electron chi connectivity index (χ4n) is 6.63. The van der Waals surface area contributed by atoms with Crippen molar-refractivity contribution in [2.75, 3.05) is 13.1 Å². The molecule has 5 aliphatic rings. The monoisotopic (exact) mass is 547 g/mol. The van der Waals surface area contributed by atoms with Crippen LogP contribution in [0.4, 0.5) is 8.78 Å². The van der Waals surface area contributed by atoms with Gasteiger partial charge < -0.3 is 21.3 Å². The van der Waals surface area contributed by atoms with Gasteiger partial charge in [0.25, 0.3) is 17.5 Å². The number of likely N-dealkylation sites (tertiary alicyclic amines) is 1. The maximum Gasteiger partial charge on any atom is 0.343 e. The van der Waals surface area contributed by atoms with Gasteiger partial charge in [-0.2, -0.15) is 0 Å². The molecule has 9 N–H and O–H groups in total. The van der Waals surface area contributed by atoms with E-state index in [1.807, 2.05) is 0 Å². The van der Waals surface area contributed by atoms with Gasteiger partial charge in [-0.1, -0.05) is 12.1 Å². The first-order valence-electron chi connectivity index (χ1n) is 12.7. The number of fused-ring (bicyclic) bond motifs is 1. The van der Waals surface area contributed by atoms with Gasteiger partial charge in [-0.25, -0.2) is 19.1 Å². The Morgan fingerprint density at radius 2 is 1.92 bits per heavy atom. The van der Waals surface area contributed by atoms with Crippen LogP contribution in [0.15, 0.2) is 23.2 Å². The molecule has 0 aromatic heterocycles. The van der Waals surface area contributed by atoms with Crippen molar-refractivity contribution in [2.45, 2.75) is 67.6 Å². The van der Waals surface area contributed by atoms with Crippen molar-refractivity contribution in [3.8, 4) is 0 Å². The summed E-state index contributed by atoms with van der Waals surface area (Å²) in [5.74, 6) is -7.83. The molecule has 1 aromatic carbocycles. The van der Waals surface area contributed by atoms with Gasteiger partial charge in [-0.05, 0) is 24.5 Å². The highest BCUT2D eigenvalue weighted by molar-refractivity contribution is 6.02. The summed E-state index contributed by atoms with van der Waals surface area (Å²) in [7, 11) is 0. The zero-order valence-corrected chi connectivity index (χ0v) is 20.8. The van der Waals surface area contributed by atoms with Gasteiger partial charge in [-0.3, -0.25) is 34.9 Å². The van der Waals surface area contributed by atoms with Gasteiger partial charge >= 0.3 is 5.96 Å². The normalized spacial score (nSPS) is 32.2. The summed E-state index contributed by atoms with van der Waals surface area (Å²) in [6, 6.07) is 1.00. The molecular weight excluding hydrogens is 518 g/mol. The van der Waals surface area contributed by atoms with Gasteiger partial charge in [0.15, 0.2) is 12.0 Å². The number of hydrogen-bond acceptors (Lipinski definition) is 10. The minimum absolute atomic E-state index is 0.0461. The van der Waals surface area contributed by atoms with Crippen LogP contribution in [0.25, 0.3) is 0 Å². The number of carbonyl (C=O) groups is 3. The van der Waals surface area contributed by atoms with Crippen molar-refractivity contribution in [1.82, 2.24) is 20.4 Å². The highest BCUT2D eigenvalue weighted by Gasteiger charge is 2.76. The molecule has 4 aliphatic heterocycles. The van der Waals surface area contributed by atoms with E-state index in [0.717, 1.165) is 4.90 Å². The maximum atomic E-state index is 14.9. The number of imide groups is 1. The number of guanidine groups is 2. The molecule has 2 saturated heterocycles. The summed E-state index contributed by atoms with van der Waals surface area (Å²) in [6.45, 7) is -0.439. The smallest absolute Gasteiger partial charge is 0.343 e. The summed E-state index contributed by atoms with van der Waals surface area (Å²) in [5, 5.41) is 28.5. The zero-order valence-electron chi connectivity index (χ0n) is 20.8. The molecule has 0 radical (unpaired) electrons. The van der Waals surface area contributed by atoms with E-state index in [2.05, 4.69) is 20.6 Å². The van der Waals surface area contributed by atoms with Crippen LogP contribution in [0.1, 0.15) is 47.2 Å². The Labute approximate surface area is 220 Å². The number of aryl methyl sites for hydroxylation is 1. The van der Waals surface area contributed by atoms with Crippen LogP contribution in [0.2, 0.25) is 0 Å². The highest BCUT2D eigenvalue weighted by Crippen LogP contribution is 2.43. The summed E-state index contributed by atoms with van der Waals surface area (Å²) in [4.78, 5) is 47.6. The van der Waals surface area contributed by atoms with Crippen molar-refractivity contribution in [3.63, 3.8) is 0 Å². The third kappa shape index (κ3) is 3.52. The van der Waals surface area contributed by atoms with Crippen LogP contribution >= 0.6 is 0 Å². The highest BCUT2D eigenvalue weighted by atomic mass is 19.3. The van der Waals surface area contributed by atoms with E-state index >= 15 is 0 Å². The van der Waals surface area contributed by atoms with Crippen LogP contribution in [0, 0.1) is 0 Å². The molecule has 1 aliphatic carbocycles. The quantitative estimate of drug-likeness (QED) is 0.145. The van der Waals surface area contributed by atoms with Crippen LogP contribution in [0.5, 0.6) is 0 Å². The molecule has 39 heavy (non-hydrogen) atoms. The number of nitrogens with two attached hydrogens (primary N) is 2. The van der Waals surface area contributed by atoms with Crippen LogP contribution < -0.4 is 27.1 Å². The van der Waals surface area contributed by atoms with Crippen molar-refractivity contribution >= 4 is 29.6 Å². The largest absolute Gasteiger partial charge is 0.370 e. The van der Waals surface area contributed by atoms with E-state index in [4.69, 9.17) is 11.5 Å². The Morgan fingerprint density at radius 3 is 2.64 bits per heavy atom. The predicted octanol–water partition coefficient (Wildman–Crippen LogP) is -3.88. The summed E-state index contributed by atoms with van der Waals surface area (Å²) in [5.41, 5.74) is 10.2. The third-order valence-corrected chi connectivity index (χ3v) is 8.41. The van der Waals surface area contributed by atoms with E-state index < -0.39 is 47.8 Å². The first-order valence-corrected chi connectivity index (χ1v) is 12.7. The Morgan fingerprint density at radius 1 is 1.21 bits per heavy atom. The number of aliphatic imine (C=N–C) groups is 1.